The standard InChI is InChI=1S/C14H21BrN2/c1-16(10-11-17-8-2-3-9-17)14-6-4-13(12-15)5-7-14/h4-7H,2-3,8-12H2,1H3. The third-order valence-electron chi connectivity index (χ3n) is 3.48. The lowest BCUT2D eigenvalue weighted by molar-refractivity contribution is 0.346. The molecule has 1 aliphatic heterocycles. The zero-order valence-corrected chi connectivity index (χ0v) is 12.1. The molecule has 0 radical (unpaired) electrons. The molecule has 2 rings (SSSR count). The third-order valence-corrected chi connectivity index (χ3v) is 4.13. The van der Waals surface area contributed by atoms with Crippen LogP contribution in [0, 0.1) is 0 Å². The van der Waals surface area contributed by atoms with Gasteiger partial charge in [0.2, 0.25) is 0 Å². The van der Waals surface area contributed by atoms with Gasteiger partial charge >= 0.3 is 0 Å². The lowest BCUT2D eigenvalue weighted by Gasteiger charge is -2.23. The number of likely N-dealkylation sites (tertiary alicyclic amines) is 1. The summed E-state index contributed by atoms with van der Waals surface area (Å²) in [6.07, 6.45) is 2.76. The number of hydrogen-bond acceptors (Lipinski definition) is 2. The number of hydrogen-bond donors (Lipinski definition) is 0. The van der Waals surface area contributed by atoms with Crippen molar-refractivity contribution in [2.24, 2.45) is 0 Å². The van der Waals surface area contributed by atoms with Gasteiger partial charge < -0.3 is 9.80 Å². The molecule has 0 aliphatic carbocycles. The van der Waals surface area contributed by atoms with Crippen LogP contribution in [0.25, 0.3) is 0 Å². The third kappa shape index (κ3) is 3.71. The molecule has 2 nitrogen and oxygen atoms in total. The van der Waals surface area contributed by atoms with Gasteiger partial charge in [0.1, 0.15) is 0 Å². The fourth-order valence-electron chi connectivity index (χ4n) is 2.27. The minimum Gasteiger partial charge on any atom is -0.373 e. The van der Waals surface area contributed by atoms with Crippen LogP contribution < -0.4 is 4.90 Å². The lowest BCUT2D eigenvalue weighted by Crippen LogP contribution is -2.31. The molecule has 1 aliphatic rings. The number of nitrogens with zero attached hydrogens (tertiary/aromatic N) is 2. The molecule has 1 heterocycles. The molecule has 0 amide bonds. The first-order valence-corrected chi connectivity index (χ1v) is 7.50. The summed E-state index contributed by atoms with van der Waals surface area (Å²) in [5, 5.41) is 0.935. The molecule has 0 spiro atoms. The summed E-state index contributed by atoms with van der Waals surface area (Å²) in [4.78, 5) is 4.90. The largest absolute Gasteiger partial charge is 0.373 e. The van der Waals surface area contributed by atoms with Crippen molar-refractivity contribution >= 4 is 21.6 Å². The van der Waals surface area contributed by atoms with E-state index in [2.05, 4.69) is 57.0 Å². The van der Waals surface area contributed by atoms with E-state index in [-0.39, 0.29) is 0 Å². The quantitative estimate of drug-likeness (QED) is 0.771. The molecule has 17 heavy (non-hydrogen) atoms. The molecule has 0 aromatic heterocycles. The topological polar surface area (TPSA) is 6.48 Å². The Morgan fingerprint density at radius 1 is 1.18 bits per heavy atom. The summed E-state index contributed by atoms with van der Waals surface area (Å²) in [6, 6.07) is 8.80. The van der Waals surface area contributed by atoms with Crippen molar-refractivity contribution < 1.29 is 0 Å². The first-order valence-electron chi connectivity index (χ1n) is 6.38. The molecular formula is C14H21BrN2. The average Bonchev–Trinajstić information content (AvgIpc) is 2.89. The van der Waals surface area contributed by atoms with Gasteiger partial charge in [-0.15, -0.1) is 0 Å². The minimum atomic E-state index is 0.935. The summed E-state index contributed by atoms with van der Waals surface area (Å²) in [7, 11) is 2.18. The molecule has 0 saturated carbocycles. The van der Waals surface area contributed by atoms with Crippen molar-refractivity contribution in [2.75, 3.05) is 38.1 Å². The van der Waals surface area contributed by atoms with Crippen molar-refractivity contribution in [1.82, 2.24) is 4.90 Å². The van der Waals surface area contributed by atoms with E-state index in [1.807, 2.05) is 0 Å². The van der Waals surface area contributed by atoms with Crippen LogP contribution in [0.15, 0.2) is 24.3 Å². The Kier molecular flexibility index (Phi) is 4.86. The van der Waals surface area contributed by atoms with Crippen LogP contribution in [0.4, 0.5) is 5.69 Å². The lowest BCUT2D eigenvalue weighted by atomic mass is 10.2. The van der Waals surface area contributed by atoms with E-state index in [9.17, 15) is 0 Å². The number of likely N-dealkylation sites (N-methyl/N-ethyl adjacent to an activating group) is 1. The summed E-state index contributed by atoms with van der Waals surface area (Å²) in [5.41, 5.74) is 2.65. The van der Waals surface area contributed by atoms with E-state index in [1.54, 1.807) is 0 Å². The van der Waals surface area contributed by atoms with Crippen molar-refractivity contribution in [3.05, 3.63) is 29.8 Å². The predicted octanol–water partition coefficient (Wildman–Crippen LogP) is 3.11. The van der Waals surface area contributed by atoms with Crippen LogP contribution >= 0.6 is 15.9 Å². The van der Waals surface area contributed by atoms with Crippen LogP contribution in [-0.2, 0) is 5.33 Å². The Labute approximate surface area is 113 Å². The highest BCUT2D eigenvalue weighted by Gasteiger charge is 2.11. The molecule has 1 aromatic carbocycles. The molecule has 1 aromatic rings. The van der Waals surface area contributed by atoms with Crippen molar-refractivity contribution in [3.8, 4) is 0 Å². The number of alkyl halides is 1. The number of rotatable bonds is 5. The van der Waals surface area contributed by atoms with Gasteiger partial charge in [0, 0.05) is 31.2 Å². The van der Waals surface area contributed by atoms with Gasteiger partial charge in [-0.05, 0) is 43.6 Å². The monoisotopic (exact) mass is 296 g/mol. The zero-order chi connectivity index (χ0) is 12.1. The van der Waals surface area contributed by atoms with Crippen LogP contribution in [0.2, 0.25) is 0 Å². The van der Waals surface area contributed by atoms with Gasteiger partial charge in [-0.1, -0.05) is 28.1 Å². The predicted molar refractivity (Wildman–Crippen MR) is 78.0 cm³/mol. The summed E-state index contributed by atoms with van der Waals surface area (Å²) in [5.74, 6) is 0. The van der Waals surface area contributed by atoms with Gasteiger partial charge in [-0.2, -0.15) is 0 Å². The van der Waals surface area contributed by atoms with E-state index < -0.39 is 0 Å². The molecule has 1 saturated heterocycles. The van der Waals surface area contributed by atoms with Crippen molar-refractivity contribution in [1.29, 1.82) is 0 Å². The normalized spacial score (nSPS) is 16.4. The Morgan fingerprint density at radius 3 is 2.41 bits per heavy atom. The Bertz CT molecular complexity index is 331. The molecule has 3 heteroatoms. The summed E-state index contributed by atoms with van der Waals surface area (Å²) in [6.45, 7) is 4.89. The minimum absolute atomic E-state index is 0.935. The fraction of sp³-hybridized carbons (Fsp3) is 0.571. The second-order valence-electron chi connectivity index (χ2n) is 4.77. The van der Waals surface area contributed by atoms with Crippen LogP contribution in [0.3, 0.4) is 0 Å². The van der Waals surface area contributed by atoms with Gasteiger partial charge in [0.15, 0.2) is 0 Å². The van der Waals surface area contributed by atoms with Crippen molar-refractivity contribution in [3.63, 3.8) is 0 Å². The van der Waals surface area contributed by atoms with Crippen LogP contribution in [0.5, 0.6) is 0 Å². The highest BCUT2D eigenvalue weighted by Crippen LogP contribution is 2.15. The average molecular weight is 297 g/mol. The fourth-order valence-corrected chi connectivity index (χ4v) is 2.64. The second kappa shape index (κ2) is 6.41. The van der Waals surface area contributed by atoms with E-state index in [0.29, 0.717) is 0 Å². The highest BCUT2D eigenvalue weighted by molar-refractivity contribution is 9.08. The van der Waals surface area contributed by atoms with E-state index in [0.717, 1.165) is 11.9 Å². The SMILES string of the molecule is CN(CCN1CCCC1)c1ccc(CBr)cc1. The molecular weight excluding hydrogens is 276 g/mol. The Balaban J connectivity index is 1.83. The number of anilines is 1. The van der Waals surface area contributed by atoms with Gasteiger partial charge in [-0.25, -0.2) is 0 Å². The van der Waals surface area contributed by atoms with E-state index in [4.69, 9.17) is 0 Å². The van der Waals surface area contributed by atoms with Crippen molar-refractivity contribution in [2.45, 2.75) is 18.2 Å². The Morgan fingerprint density at radius 2 is 1.82 bits per heavy atom. The summed E-state index contributed by atoms with van der Waals surface area (Å²) >= 11 is 3.47. The smallest absolute Gasteiger partial charge is 0.0364 e. The molecule has 0 bridgehead atoms. The highest BCUT2D eigenvalue weighted by atomic mass is 79.9. The number of benzene rings is 1. The number of halogens is 1. The summed E-state index contributed by atoms with van der Waals surface area (Å²) < 4.78 is 0. The van der Waals surface area contributed by atoms with E-state index in [1.165, 1.54) is 43.7 Å². The maximum atomic E-state index is 3.47. The maximum Gasteiger partial charge on any atom is 0.0364 e. The Hall–Kier alpha value is -0.540. The van der Waals surface area contributed by atoms with Gasteiger partial charge in [0.25, 0.3) is 0 Å². The van der Waals surface area contributed by atoms with Gasteiger partial charge in [-0.3, -0.25) is 0 Å². The molecule has 0 unspecified atom stereocenters. The molecule has 0 N–H and O–H groups in total. The molecule has 1 fully saturated rings. The van der Waals surface area contributed by atoms with Crippen LogP contribution in [0.1, 0.15) is 18.4 Å². The first-order chi connectivity index (χ1) is 8.29. The second-order valence-corrected chi connectivity index (χ2v) is 5.33. The first kappa shape index (κ1) is 12.9. The maximum absolute atomic E-state index is 3.47. The van der Waals surface area contributed by atoms with E-state index >= 15 is 0 Å². The molecule has 0 atom stereocenters. The molecule has 94 valence electrons. The van der Waals surface area contributed by atoms with Gasteiger partial charge in [0.05, 0.1) is 0 Å². The van der Waals surface area contributed by atoms with Crippen LogP contribution in [-0.4, -0.2) is 38.1 Å². The zero-order valence-electron chi connectivity index (χ0n) is 10.5.